The minimum absolute atomic E-state index is 0.417. The van der Waals surface area contributed by atoms with E-state index < -0.39 is 16.1 Å². The summed E-state index contributed by atoms with van der Waals surface area (Å²) in [7, 11) is -2.79. The van der Waals surface area contributed by atoms with Crippen LogP contribution in [0.1, 0.15) is 41.5 Å². The molecule has 0 saturated carbocycles. The molecular weight excluding hydrogens is 248 g/mol. The standard InChI is InChI=1S/C16H34Si2/c1-12-13-14(17(8,9)15(2,3)4)18(10,11)16(5,6)7/h13-14H,1H2,2-11H3. The van der Waals surface area contributed by atoms with Gasteiger partial charge in [-0.1, -0.05) is 74.3 Å². The first kappa shape index (κ1) is 18.0. The fraction of sp³-hybridized carbons (Fsp3) is 0.812. The molecule has 0 aliphatic rings. The van der Waals surface area contributed by atoms with E-state index in [1.165, 1.54) is 0 Å². The molecule has 0 unspecified atom stereocenters. The van der Waals surface area contributed by atoms with Gasteiger partial charge in [-0.2, -0.15) is 0 Å². The number of allylic oxidation sites excluding steroid dienone is 1. The van der Waals surface area contributed by atoms with Crippen molar-refractivity contribution >= 4 is 16.1 Å². The van der Waals surface area contributed by atoms with Crippen LogP contribution in [0.15, 0.2) is 18.4 Å². The Morgan fingerprint density at radius 2 is 1.11 bits per heavy atom. The Balaban J connectivity index is 5.84. The Bertz CT molecular complexity index is 305. The third kappa shape index (κ3) is 3.29. The summed E-state index contributed by atoms with van der Waals surface area (Å²) in [6, 6.07) is 0. The summed E-state index contributed by atoms with van der Waals surface area (Å²) in [5.41, 5.74) is 3.12. The predicted molar refractivity (Wildman–Crippen MR) is 91.9 cm³/mol. The second-order valence-electron chi connectivity index (χ2n) is 8.79. The number of rotatable bonds is 3. The molecule has 0 aromatic rings. The molecule has 0 fully saturated rings. The van der Waals surface area contributed by atoms with E-state index in [0.717, 1.165) is 5.16 Å². The molecule has 0 aromatic heterocycles. The highest BCUT2D eigenvalue weighted by Gasteiger charge is 2.52. The van der Waals surface area contributed by atoms with E-state index in [2.05, 4.69) is 86.1 Å². The Hall–Kier alpha value is -0.0462. The highest BCUT2D eigenvalue weighted by Crippen LogP contribution is 2.53. The SMILES string of the molecule is C=C=CC([Si](C)(C)C(C)(C)C)[Si](C)(C)C(C)(C)C. The van der Waals surface area contributed by atoms with Crippen LogP contribution in [0, 0.1) is 0 Å². The van der Waals surface area contributed by atoms with Crippen LogP contribution < -0.4 is 0 Å². The molecule has 2 heteroatoms. The van der Waals surface area contributed by atoms with Crippen LogP contribution in [0.25, 0.3) is 0 Å². The zero-order valence-corrected chi connectivity index (χ0v) is 16.4. The van der Waals surface area contributed by atoms with Crippen LogP contribution in [-0.2, 0) is 0 Å². The summed E-state index contributed by atoms with van der Waals surface area (Å²) < 4.78 is 0. The van der Waals surface area contributed by atoms with Crippen molar-refractivity contribution < 1.29 is 0 Å². The maximum atomic E-state index is 3.86. The van der Waals surface area contributed by atoms with Crippen LogP contribution in [0.5, 0.6) is 0 Å². The molecule has 0 spiro atoms. The van der Waals surface area contributed by atoms with Crippen molar-refractivity contribution in [2.75, 3.05) is 0 Å². The molecule has 0 saturated heterocycles. The van der Waals surface area contributed by atoms with Gasteiger partial charge in [0.1, 0.15) is 0 Å². The smallest absolute Gasteiger partial charge is 0.0577 e. The molecule has 0 heterocycles. The largest absolute Gasteiger partial charge is 0.133 e. The Kier molecular flexibility index (Phi) is 5.13. The third-order valence-corrected chi connectivity index (χ3v) is 21.2. The molecule has 106 valence electrons. The zero-order chi connectivity index (χ0) is 15.0. The Morgan fingerprint density at radius 3 is 1.28 bits per heavy atom. The van der Waals surface area contributed by atoms with Crippen molar-refractivity contribution in [2.24, 2.45) is 0 Å². The second kappa shape index (κ2) is 5.15. The summed E-state index contributed by atoms with van der Waals surface area (Å²) in [5.74, 6) is 0. The van der Waals surface area contributed by atoms with E-state index in [9.17, 15) is 0 Å². The van der Waals surface area contributed by atoms with Crippen molar-refractivity contribution in [1.29, 1.82) is 0 Å². The minimum atomic E-state index is -1.40. The first-order chi connectivity index (χ1) is 7.69. The molecule has 0 aliphatic carbocycles. The van der Waals surface area contributed by atoms with E-state index in [1.807, 2.05) is 0 Å². The van der Waals surface area contributed by atoms with Gasteiger partial charge in [0, 0.05) is 0 Å². The molecule has 0 radical (unpaired) electrons. The normalized spacial score (nSPS) is 14.6. The van der Waals surface area contributed by atoms with Crippen molar-refractivity contribution in [1.82, 2.24) is 0 Å². The molecule has 0 atom stereocenters. The summed E-state index contributed by atoms with van der Waals surface area (Å²) in [6.45, 7) is 28.5. The van der Waals surface area contributed by atoms with Crippen molar-refractivity contribution in [3.63, 3.8) is 0 Å². The summed E-state index contributed by atoms with van der Waals surface area (Å²) >= 11 is 0. The lowest BCUT2D eigenvalue weighted by Crippen LogP contribution is -2.55. The van der Waals surface area contributed by atoms with Gasteiger partial charge < -0.3 is 0 Å². The Labute approximate surface area is 118 Å². The third-order valence-electron chi connectivity index (χ3n) is 5.71. The van der Waals surface area contributed by atoms with Crippen LogP contribution in [0.3, 0.4) is 0 Å². The first-order valence-electron chi connectivity index (χ1n) is 7.05. The molecule has 0 bridgehead atoms. The molecule has 0 N–H and O–H groups in total. The maximum absolute atomic E-state index is 3.86. The van der Waals surface area contributed by atoms with Crippen LogP contribution >= 0.6 is 0 Å². The fourth-order valence-electron chi connectivity index (χ4n) is 2.37. The van der Waals surface area contributed by atoms with Gasteiger partial charge in [0.05, 0.1) is 16.1 Å². The molecule has 0 aromatic carbocycles. The van der Waals surface area contributed by atoms with Crippen LogP contribution in [-0.4, -0.2) is 16.1 Å². The molecule has 0 rings (SSSR count). The van der Waals surface area contributed by atoms with E-state index in [1.54, 1.807) is 0 Å². The molecule has 0 nitrogen and oxygen atoms in total. The second-order valence-corrected chi connectivity index (χ2v) is 20.5. The van der Waals surface area contributed by atoms with E-state index >= 15 is 0 Å². The summed E-state index contributed by atoms with van der Waals surface area (Å²) in [5, 5.41) is 1.56. The average Bonchev–Trinajstić information content (AvgIpc) is 2.09. The van der Waals surface area contributed by atoms with Gasteiger partial charge >= 0.3 is 0 Å². The topological polar surface area (TPSA) is 0 Å². The summed E-state index contributed by atoms with van der Waals surface area (Å²) in [4.78, 5) is 0. The minimum Gasteiger partial charge on any atom is -0.133 e. The van der Waals surface area contributed by atoms with E-state index in [0.29, 0.717) is 10.1 Å². The lowest BCUT2D eigenvalue weighted by molar-refractivity contribution is 0.689. The number of hydrogen-bond donors (Lipinski definition) is 0. The maximum Gasteiger partial charge on any atom is 0.0577 e. The molecular formula is C16H34Si2. The first-order valence-corrected chi connectivity index (χ1v) is 13.2. The zero-order valence-electron chi connectivity index (χ0n) is 14.4. The van der Waals surface area contributed by atoms with Gasteiger partial charge in [0.2, 0.25) is 0 Å². The van der Waals surface area contributed by atoms with Crippen molar-refractivity contribution in [3.8, 4) is 0 Å². The quantitative estimate of drug-likeness (QED) is 0.424. The molecule has 0 aliphatic heterocycles. The lowest BCUT2D eigenvalue weighted by Gasteiger charge is -2.52. The van der Waals surface area contributed by atoms with Gasteiger partial charge in [-0.05, 0) is 21.3 Å². The van der Waals surface area contributed by atoms with Gasteiger partial charge in [-0.25, -0.2) is 0 Å². The summed E-state index contributed by atoms with van der Waals surface area (Å²) in [6.07, 6.45) is 2.31. The van der Waals surface area contributed by atoms with Gasteiger partial charge in [-0.3, -0.25) is 0 Å². The number of hydrogen-bond acceptors (Lipinski definition) is 0. The highest BCUT2D eigenvalue weighted by molar-refractivity contribution is 7.00. The highest BCUT2D eigenvalue weighted by atomic mass is 28.4. The van der Waals surface area contributed by atoms with Gasteiger partial charge in [0.15, 0.2) is 0 Å². The Morgan fingerprint density at radius 1 is 0.833 bits per heavy atom. The average molecular weight is 283 g/mol. The molecule has 18 heavy (non-hydrogen) atoms. The molecule has 0 amide bonds. The predicted octanol–water partition coefficient (Wildman–Crippen LogP) is 6.25. The van der Waals surface area contributed by atoms with Crippen molar-refractivity contribution in [2.45, 2.75) is 83.0 Å². The monoisotopic (exact) mass is 282 g/mol. The van der Waals surface area contributed by atoms with Gasteiger partial charge in [0.25, 0.3) is 0 Å². The fourth-order valence-corrected chi connectivity index (χ4v) is 15.1. The van der Waals surface area contributed by atoms with Crippen molar-refractivity contribution in [3.05, 3.63) is 18.4 Å². The lowest BCUT2D eigenvalue weighted by atomic mass is 10.2. The van der Waals surface area contributed by atoms with Gasteiger partial charge in [-0.15, -0.1) is 5.73 Å². The van der Waals surface area contributed by atoms with E-state index in [4.69, 9.17) is 0 Å². The van der Waals surface area contributed by atoms with E-state index in [-0.39, 0.29) is 0 Å². The van der Waals surface area contributed by atoms with Crippen LogP contribution in [0.4, 0.5) is 0 Å². The van der Waals surface area contributed by atoms with Crippen LogP contribution in [0.2, 0.25) is 41.4 Å².